The SMILES string of the molecule is CCOC(=O)CCc1cccc(OC[C@@H](O)CNC(C)(C)CC2Cc3ccccc3C2)c1. The van der Waals surface area contributed by atoms with Crippen LogP contribution in [0.25, 0.3) is 0 Å². The summed E-state index contributed by atoms with van der Waals surface area (Å²) in [6, 6.07) is 16.4. The summed E-state index contributed by atoms with van der Waals surface area (Å²) in [6.45, 7) is 7.32. The first kappa shape index (κ1) is 24.3. The molecule has 5 nitrogen and oxygen atoms in total. The fourth-order valence-corrected chi connectivity index (χ4v) is 4.50. The van der Waals surface area contributed by atoms with Gasteiger partial charge in [-0.1, -0.05) is 36.4 Å². The molecule has 1 aliphatic rings. The van der Waals surface area contributed by atoms with Crippen LogP contribution in [0.2, 0.25) is 0 Å². The molecule has 2 N–H and O–H groups in total. The lowest BCUT2D eigenvalue weighted by Gasteiger charge is -2.30. The van der Waals surface area contributed by atoms with Crippen molar-refractivity contribution in [2.75, 3.05) is 19.8 Å². The topological polar surface area (TPSA) is 67.8 Å². The molecule has 2 aromatic carbocycles. The van der Waals surface area contributed by atoms with Crippen LogP contribution in [-0.2, 0) is 28.8 Å². The van der Waals surface area contributed by atoms with Crippen molar-refractivity contribution in [1.82, 2.24) is 5.32 Å². The van der Waals surface area contributed by atoms with Crippen LogP contribution in [0.3, 0.4) is 0 Å². The second-order valence-corrected chi connectivity index (χ2v) is 9.43. The predicted octanol–water partition coefficient (Wildman–Crippen LogP) is 4.10. The third kappa shape index (κ3) is 7.64. The minimum Gasteiger partial charge on any atom is -0.491 e. The number of nitrogens with one attached hydrogen (secondary N) is 1. The zero-order valence-corrected chi connectivity index (χ0v) is 19.6. The Balaban J connectivity index is 1.39. The highest BCUT2D eigenvalue weighted by Gasteiger charge is 2.28. The second-order valence-electron chi connectivity index (χ2n) is 9.43. The molecule has 32 heavy (non-hydrogen) atoms. The highest BCUT2D eigenvalue weighted by atomic mass is 16.5. The number of hydrogen-bond donors (Lipinski definition) is 2. The predicted molar refractivity (Wildman–Crippen MR) is 127 cm³/mol. The Morgan fingerprint density at radius 3 is 2.56 bits per heavy atom. The van der Waals surface area contributed by atoms with Crippen LogP contribution in [0.4, 0.5) is 0 Å². The first-order valence-corrected chi connectivity index (χ1v) is 11.7. The molecule has 1 aliphatic carbocycles. The highest BCUT2D eigenvalue weighted by molar-refractivity contribution is 5.69. The van der Waals surface area contributed by atoms with Gasteiger partial charge < -0.3 is 19.9 Å². The van der Waals surface area contributed by atoms with E-state index in [1.165, 1.54) is 11.1 Å². The first-order valence-electron chi connectivity index (χ1n) is 11.7. The third-order valence-electron chi connectivity index (χ3n) is 6.01. The van der Waals surface area contributed by atoms with Gasteiger partial charge in [-0.25, -0.2) is 0 Å². The third-order valence-corrected chi connectivity index (χ3v) is 6.01. The van der Waals surface area contributed by atoms with Crippen molar-refractivity contribution < 1.29 is 19.4 Å². The van der Waals surface area contributed by atoms with E-state index >= 15 is 0 Å². The number of esters is 1. The summed E-state index contributed by atoms with van der Waals surface area (Å²) >= 11 is 0. The largest absolute Gasteiger partial charge is 0.491 e. The first-order chi connectivity index (χ1) is 15.3. The summed E-state index contributed by atoms with van der Waals surface area (Å²) < 4.78 is 10.8. The van der Waals surface area contributed by atoms with Crippen molar-refractivity contribution in [1.29, 1.82) is 0 Å². The van der Waals surface area contributed by atoms with E-state index in [1.54, 1.807) is 0 Å². The van der Waals surface area contributed by atoms with Gasteiger partial charge in [0.25, 0.3) is 0 Å². The summed E-state index contributed by atoms with van der Waals surface area (Å²) in [5, 5.41) is 14.0. The lowest BCUT2D eigenvalue weighted by atomic mass is 9.88. The van der Waals surface area contributed by atoms with E-state index in [0.29, 0.717) is 37.7 Å². The number of aliphatic hydroxyl groups excluding tert-OH is 1. The standard InChI is InChI=1S/C27H37NO4/c1-4-31-26(30)13-12-20-8-7-11-25(16-20)32-19-24(29)18-28-27(2,3)17-21-14-22-9-5-6-10-23(22)15-21/h5-11,16,21,24,28-29H,4,12-15,17-19H2,1-3H3/t24-/m0/s1. The van der Waals surface area contributed by atoms with Gasteiger partial charge in [-0.2, -0.15) is 0 Å². The van der Waals surface area contributed by atoms with Crippen molar-refractivity contribution in [3.8, 4) is 5.75 Å². The van der Waals surface area contributed by atoms with Gasteiger partial charge >= 0.3 is 5.97 Å². The average Bonchev–Trinajstić information content (AvgIpc) is 3.17. The molecule has 2 aromatic rings. The Morgan fingerprint density at radius 1 is 1.16 bits per heavy atom. The monoisotopic (exact) mass is 439 g/mol. The number of benzene rings is 2. The Kier molecular flexibility index (Phi) is 8.71. The Hall–Kier alpha value is -2.37. The van der Waals surface area contributed by atoms with Crippen molar-refractivity contribution >= 4 is 5.97 Å². The number of aliphatic hydroxyl groups is 1. The van der Waals surface area contributed by atoms with Crippen molar-refractivity contribution in [3.63, 3.8) is 0 Å². The van der Waals surface area contributed by atoms with E-state index in [0.717, 1.165) is 24.8 Å². The van der Waals surface area contributed by atoms with Crippen molar-refractivity contribution in [2.45, 2.75) is 64.5 Å². The lowest BCUT2D eigenvalue weighted by molar-refractivity contribution is -0.143. The molecule has 0 aliphatic heterocycles. The van der Waals surface area contributed by atoms with Crippen LogP contribution in [0, 0.1) is 5.92 Å². The molecule has 0 amide bonds. The van der Waals surface area contributed by atoms with Gasteiger partial charge in [0.05, 0.1) is 6.61 Å². The molecule has 0 unspecified atom stereocenters. The van der Waals surface area contributed by atoms with Crippen molar-refractivity contribution in [3.05, 3.63) is 65.2 Å². The molecular weight excluding hydrogens is 402 g/mol. The molecule has 0 bridgehead atoms. The quantitative estimate of drug-likeness (QED) is 0.488. The van der Waals surface area contributed by atoms with Crippen LogP contribution < -0.4 is 10.1 Å². The molecule has 0 heterocycles. The number of carbonyl (C=O) groups is 1. The minimum atomic E-state index is -0.599. The number of fused-ring (bicyclic) bond motifs is 1. The number of aryl methyl sites for hydroxylation is 1. The van der Waals surface area contributed by atoms with Crippen LogP contribution in [0.15, 0.2) is 48.5 Å². The summed E-state index contributed by atoms with van der Waals surface area (Å²) in [7, 11) is 0. The molecule has 0 saturated carbocycles. The molecule has 0 spiro atoms. The summed E-state index contributed by atoms with van der Waals surface area (Å²) in [5.74, 6) is 1.15. The van der Waals surface area contributed by atoms with Crippen LogP contribution in [0.5, 0.6) is 5.75 Å². The van der Waals surface area contributed by atoms with E-state index in [9.17, 15) is 9.90 Å². The highest BCUT2D eigenvalue weighted by Crippen LogP contribution is 2.31. The molecule has 1 atom stereocenters. The van der Waals surface area contributed by atoms with E-state index in [4.69, 9.17) is 9.47 Å². The fourth-order valence-electron chi connectivity index (χ4n) is 4.50. The van der Waals surface area contributed by atoms with Gasteiger partial charge in [-0.3, -0.25) is 4.79 Å². The number of carbonyl (C=O) groups excluding carboxylic acids is 1. The maximum Gasteiger partial charge on any atom is 0.306 e. The zero-order valence-electron chi connectivity index (χ0n) is 19.6. The minimum absolute atomic E-state index is 0.0549. The van der Waals surface area contributed by atoms with Crippen LogP contribution >= 0.6 is 0 Å². The number of ether oxygens (including phenoxy) is 2. The number of β-amino-alcohol motifs (C(OH)–C–C–N with tert-alkyl or cyclic N) is 1. The summed E-state index contributed by atoms with van der Waals surface area (Å²) in [4.78, 5) is 11.5. The van der Waals surface area contributed by atoms with E-state index < -0.39 is 6.10 Å². The Morgan fingerprint density at radius 2 is 1.88 bits per heavy atom. The average molecular weight is 440 g/mol. The maximum absolute atomic E-state index is 11.5. The van der Waals surface area contributed by atoms with E-state index in [2.05, 4.69) is 43.4 Å². The summed E-state index contributed by atoms with van der Waals surface area (Å²) in [5.41, 5.74) is 3.92. The van der Waals surface area contributed by atoms with Gasteiger partial charge in [-0.15, -0.1) is 0 Å². The molecule has 5 heteroatoms. The van der Waals surface area contributed by atoms with Gasteiger partial charge in [0.2, 0.25) is 0 Å². The van der Waals surface area contributed by atoms with Crippen molar-refractivity contribution in [2.24, 2.45) is 5.92 Å². The number of rotatable bonds is 12. The molecular formula is C27H37NO4. The van der Waals surface area contributed by atoms with Gasteiger partial charge in [-0.05, 0) is 81.2 Å². The van der Waals surface area contributed by atoms with E-state index in [1.807, 2.05) is 31.2 Å². The maximum atomic E-state index is 11.5. The molecule has 3 rings (SSSR count). The second kappa shape index (κ2) is 11.5. The zero-order chi connectivity index (χ0) is 23.0. The summed E-state index contributed by atoms with van der Waals surface area (Å²) in [6.07, 6.45) is 3.71. The van der Waals surface area contributed by atoms with Gasteiger partial charge in [0.1, 0.15) is 18.5 Å². The normalized spacial score (nSPS) is 14.8. The van der Waals surface area contributed by atoms with Crippen LogP contribution in [-0.4, -0.2) is 42.5 Å². The Bertz CT molecular complexity index is 854. The Labute approximate surface area is 192 Å². The molecule has 174 valence electrons. The molecule has 0 radical (unpaired) electrons. The van der Waals surface area contributed by atoms with Gasteiger partial charge in [0.15, 0.2) is 0 Å². The van der Waals surface area contributed by atoms with E-state index in [-0.39, 0.29) is 18.1 Å². The molecule has 0 aromatic heterocycles. The number of hydrogen-bond acceptors (Lipinski definition) is 5. The van der Waals surface area contributed by atoms with Gasteiger partial charge in [0, 0.05) is 18.5 Å². The van der Waals surface area contributed by atoms with Crippen LogP contribution in [0.1, 0.15) is 50.3 Å². The molecule has 0 saturated heterocycles. The fraction of sp³-hybridized carbons (Fsp3) is 0.519. The molecule has 0 fully saturated rings. The lowest BCUT2D eigenvalue weighted by Crippen LogP contribution is -2.46. The smallest absolute Gasteiger partial charge is 0.306 e.